The van der Waals surface area contributed by atoms with Gasteiger partial charge in [-0.1, -0.05) is 36.4 Å². The summed E-state index contributed by atoms with van der Waals surface area (Å²) < 4.78 is 2.14. The van der Waals surface area contributed by atoms with E-state index < -0.39 is 0 Å². The van der Waals surface area contributed by atoms with Gasteiger partial charge in [0.25, 0.3) is 5.91 Å². The molecular weight excluding hydrogens is 426 g/mol. The summed E-state index contributed by atoms with van der Waals surface area (Å²) in [7, 11) is 3.96. The fourth-order valence-electron chi connectivity index (χ4n) is 4.53. The molecule has 1 fully saturated rings. The van der Waals surface area contributed by atoms with Crippen molar-refractivity contribution in [2.24, 2.45) is 0 Å². The van der Waals surface area contributed by atoms with Crippen molar-refractivity contribution in [1.82, 2.24) is 19.4 Å². The highest BCUT2D eigenvalue weighted by atomic mass is 16.2. The number of aromatic nitrogens is 2. The second-order valence-corrected chi connectivity index (χ2v) is 9.17. The van der Waals surface area contributed by atoms with Crippen LogP contribution >= 0.6 is 0 Å². The van der Waals surface area contributed by atoms with Crippen LogP contribution in [-0.2, 0) is 4.79 Å². The molecule has 178 valence electrons. The minimum atomic E-state index is -0.192. The van der Waals surface area contributed by atoms with Gasteiger partial charge in [-0.3, -0.25) is 14.9 Å². The van der Waals surface area contributed by atoms with E-state index in [1.54, 1.807) is 18.2 Å². The van der Waals surface area contributed by atoms with Crippen molar-refractivity contribution in [3.05, 3.63) is 71.8 Å². The average Bonchev–Trinajstić information content (AvgIpc) is 3.01. The second-order valence-electron chi connectivity index (χ2n) is 9.17. The number of imidazole rings is 1. The van der Waals surface area contributed by atoms with E-state index in [4.69, 9.17) is 4.98 Å². The first-order chi connectivity index (χ1) is 16.4. The summed E-state index contributed by atoms with van der Waals surface area (Å²) in [5.41, 5.74) is 3.53. The maximum absolute atomic E-state index is 13.0. The van der Waals surface area contributed by atoms with Crippen LogP contribution in [0.4, 0.5) is 5.95 Å². The van der Waals surface area contributed by atoms with Gasteiger partial charge < -0.3 is 14.4 Å². The second kappa shape index (κ2) is 10.7. The zero-order valence-electron chi connectivity index (χ0n) is 20.2. The lowest BCUT2D eigenvalue weighted by molar-refractivity contribution is -0.126. The molecule has 0 radical (unpaired) electrons. The highest BCUT2D eigenvalue weighted by Crippen LogP contribution is 2.32. The number of hydrogen-bond acceptors (Lipinski definition) is 4. The molecule has 1 aromatic heterocycles. The van der Waals surface area contributed by atoms with Gasteiger partial charge in [0.1, 0.15) is 0 Å². The number of anilines is 1. The van der Waals surface area contributed by atoms with Crippen LogP contribution in [0.2, 0.25) is 0 Å². The van der Waals surface area contributed by atoms with Crippen LogP contribution in [0.3, 0.4) is 0 Å². The number of amides is 2. The van der Waals surface area contributed by atoms with Crippen molar-refractivity contribution in [2.45, 2.75) is 32.2 Å². The Balaban J connectivity index is 1.67. The maximum Gasteiger partial charge on any atom is 0.257 e. The maximum atomic E-state index is 13.0. The van der Waals surface area contributed by atoms with Crippen LogP contribution in [0, 0.1) is 6.92 Å². The molecular formula is C27H33N5O2. The number of rotatable bonds is 6. The molecule has 7 nitrogen and oxygen atoms in total. The predicted octanol–water partition coefficient (Wildman–Crippen LogP) is 4.27. The number of fused-ring (bicyclic) bond motifs is 1. The Kier molecular flexibility index (Phi) is 7.43. The van der Waals surface area contributed by atoms with Gasteiger partial charge in [-0.15, -0.1) is 0 Å². The fourth-order valence-corrected chi connectivity index (χ4v) is 4.53. The molecule has 34 heavy (non-hydrogen) atoms. The molecule has 1 aliphatic heterocycles. The monoisotopic (exact) mass is 459 g/mol. The molecule has 1 saturated heterocycles. The van der Waals surface area contributed by atoms with Crippen molar-refractivity contribution in [2.75, 3.05) is 39.0 Å². The average molecular weight is 460 g/mol. The van der Waals surface area contributed by atoms with E-state index in [2.05, 4.69) is 22.9 Å². The molecule has 4 rings (SSSR count). The smallest absolute Gasteiger partial charge is 0.257 e. The Morgan fingerprint density at radius 1 is 1.12 bits per heavy atom. The first kappa shape index (κ1) is 23.7. The Morgan fingerprint density at radius 2 is 1.91 bits per heavy atom. The molecule has 0 saturated carbocycles. The number of likely N-dealkylation sites (tertiary alicyclic amines) is 1. The third-order valence-corrected chi connectivity index (χ3v) is 6.23. The van der Waals surface area contributed by atoms with E-state index in [0.29, 0.717) is 18.1 Å². The molecule has 1 aliphatic rings. The van der Waals surface area contributed by atoms with Gasteiger partial charge in [0.15, 0.2) is 0 Å². The normalized spacial score (nSPS) is 16.8. The van der Waals surface area contributed by atoms with Gasteiger partial charge in [-0.2, -0.15) is 0 Å². The number of benzene rings is 2. The van der Waals surface area contributed by atoms with E-state index in [1.165, 1.54) is 0 Å². The zero-order valence-corrected chi connectivity index (χ0v) is 20.2. The fraction of sp³-hybridized carbons (Fsp3) is 0.370. The van der Waals surface area contributed by atoms with Crippen molar-refractivity contribution in [1.29, 1.82) is 0 Å². The molecule has 2 aromatic carbocycles. The number of carbonyl (C=O) groups is 2. The van der Waals surface area contributed by atoms with Crippen LogP contribution in [0.25, 0.3) is 11.0 Å². The van der Waals surface area contributed by atoms with Crippen LogP contribution in [-0.4, -0.2) is 64.9 Å². The summed E-state index contributed by atoms with van der Waals surface area (Å²) in [5.74, 6) is 0.369. The van der Waals surface area contributed by atoms with Gasteiger partial charge in [-0.25, -0.2) is 4.98 Å². The third kappa shape index (κ3) is 5.37. The minimum Gasteiger partial charge on any atom is -0.337 e. The van der Waals surface area contributed by atoms with Crippen molar-refractivity contribution < 1.29 is 9.59 Å². The van der Waals surface area contributed by atoms with Gasteiger partial charge in [-0.05, 0) is 64.0 Å². The van der Waals surface area contributed by atoms with Crippen LogP contribution in [0.15, 0.2) is 60.7 Å². The molecule has 1 atom stereocenters. The van der Waals surface area contributed by atoms with E-state index in [9.17, 15) is 9.59 Å². The summed E-state index contributed by atoms with van der Waals surface area (Å²) in [4.78, 5) is 34.7. The van der Waals surface area contributed by atoms with E-state index in [1.807, 2.05) is 60.3 Å². The summed E-state index contributed by atoms with van der Waals surface area (Å²) >= 11 is 0. The molecule has 0 bridgehead atoms. The van der Waals surface area contributed by atoms with Crippen LogP contribution in [0.5, 0.6) is 0 Å². The Labute approximate surface area is 201 Å². The van der Waals surface area contributed by atoms with Gasteiger partial charge >= 0.3 is 0 Å². The highest BCUT2D eigenvalue weighted by molar-refractivity contribution is 6.04. The van der Waals surface area contributed by atoms with Crippen LogP contribution < -0.4 is 5.32 Å². The first-order valence-electron chi connectivity index (χ1n) is 11.9. The standard InChI is InChI=1S/C27H33N5O2/c1-20-11-9-15-23-25(20)32(27(28-23)29-26(34)21-12-5-4-6-13-21)22-14-7-8-18-31(19-22)24(33)16-10-17-30(2)3/h4-6,9-13,15-16,22H,7-8,14,17-19H2,1-3H3,(H,28,29,34)/b16-10+. The van der Waals surface area contributed by atoms with Crippen LogP contribution in [0.1, 0.15) is 41.2 Å². The Hall–Kier alpha value is -3.45. The lowest BCUT2D eigenvalue weighted by Gasteiger charge is -2.26. The molecule has 0 aliphatic carbocycles. The number of hydrogen-bond donors (Lipinski definition) is 1. The summed E-state index contributed by atoms with van der Waals surface area (Å²) in [6.45, 7) is 4.11. The van der Waals surface area contributed by atoms with Crippen molar-refractivity contribution in [3.63, 3.8) is 0 Å². The minimum absolute atomic E-state index is 0.0193. The van der Waals surface area contributed by atoms with Crippen molar-refractivity contribution in [3.8, 4) is 0 Å². The Morgan fingerprint density at radius 3 is 2.68 bits per heavy atom. The third-order valence-electron chi connectivity index (χ3n) is 6.23. The number of nitrogens with zero attached hydrogens (tertiary/aromatic N) is 4. The van der Waals surface area contributed by atoms with Gasteiger partial charge in [0.2, 0.25) is 11.9 Å². The molecule has 3 aromatic rings. The topological polar surface area (TPSA) is 70.5 Å². The molecule has 1 N–H and O–H groups in total. The summed E-state index contributed by atoms with van der Waals surface area (Å²) in [6.07, 6.45) is 6.47. The summed E-state index contributed by atoms with van der Waals surface area (Å²) in [6, 6.07) is 15.2. The Bertz CT molecular complexity index is 1180. The molecule has 2 heterocycles. The first-order valence-corrected chi connectivity index (χ1v) is 11.9. The molecule has 7 heteroatoms. The zero-order chi connectivity index (χ0) is 24.1. The lowest BCUT2D eigenvalue weighted by Crippen LogP contribution is -2.35. The molecule has 1 unspecified atom stereocenters. The van der Waals surface area contributed by atoms with Gasteiger partial charge in [0, 0.05) is 31.3 Å². The number of likely N-dealkylation sites (N-methyl/N-ethyl adjacent to an activating group) is 1. The quantitative estimate of drug-likeness (QED) is 0.559. The van der Waals surface area contributed by atoms with E-state index in [-0.39, 0.29) is 17.9 Å². The van der Waals surface area contributed by atoms with Gasteiger partial charge in [0.05, 0.1) is 17.1 Å². The van der Waals surface area contributed by atoms with E-state index in [0.717, 1.165) is 48.9 Å². The van der Waals surface area contributed by atoms with E-state index >= 15 is 0 Å². The highest BCUT2D eigenvalue weighted by Gasteiger charge is 2.27. The SMILES string of the molecule is Cc1cccc2nc(NC(=O)c3ccccc3)n(C3CCCCN(C(=O)/C=C/CN(C)C)C3)c12. The predicted molar refractivity (Wildman–Crippen MR) is 136 cm³/mol. The number of aryl methyl sites for hydroxylation is 1. The molecule has 2 amide bonds. The number of para-hydroxylation sites is 1. The van der Waals surface area contributed by atoms with Crippen molar-refractivity contribution >= 4 is 28.8 Å². The lowest BCUT2D eigenvalue weighted by atomic mass is 10.1. The number of carbonyl (C=O) groups excluding carboxylic acids is 2. The summed E-state index contributed by atoms with van der Waals surface area (Å²) in [5, 5.41) is 3.04. The largest absolute Gasteiger partial charge is 0.337 e. The molecule has 0 spiro atoms. The number of nitrogens with one attached hydrogen (secondary N) is 1.